The molecule has 0 fully saturated rings. The van der Waals surface area contributed by atoms with Gasteiger partial charge >= 0.3 is 5.97 Å². The molecular formula is C24H31NO3. The highest BCUT2D eigenvalue weighted by Crippen LogP contribution is 2.29. The van der Waals surface area contributed by atoms with Crippen LogP contribution in [0.25, 0.3) is 0 Å². The Morgan fingerprint density at radius 2 is 1.96 bits per heavy atom. The Balaban J connectivity index is 1.44. The maximum Gasteiger partial charge on any atom is 0.308 e. The van der Waals surface area contributed by atoms with Crippen LogP contribution in [0.1, 0.15) is 37.0 Å². The molecule has 1 atom stereocenters. The molecule has 0 saturated heterocycles. The van der Waals surface area contributed by atoms with E-state index in [1.54, 1.807) is 0 Å². The summed E-state index contributed by atoms with van der Waals surface area (Å²) in [5.74, 6) is -0.211. The average Bonchev–Trinajstić information content (AvgIpc) is 3.11. The third kappa shape index (κ3) is 5.59. The molecule has 4 nitrogen and oxygen atoms in total. The van der Waals surface area contributed by atoms with Gasteiger partial charge in [0, 0.05) is 25.4 Å². The van der Waals surface area contributed by atoms with Crippen LogP contribution >= 0.6 is 0 Å². The number of ether oxygens (including phenoxy) is 2. The summed E-state index contributed by atoms with van der Waals surface area (Å²) in [4.78, 5) is 14.3. The summed E-state index contributed by atoms with van der Waals surface area (Å²) in [6.45, 7) is 7.76. The number of hydrogen-bond donors (Lipinski definition) is 0. The van der Waals surface area contributed by atoms with Gasteiger partial charge in [0.05, 0.1) is 19.1 Å². The highest BCUT2D eigenvalue weighted by Gasteiger charge is 2.20. The molecule has 1 heterocycles. The zero-order valence-electron chi connectivity index (χ0n) is 17.0. The van der Waals surface area contributed by atoms with Crippen LogP contribution in [-0.2, 0) is 33.7 Å². The first kappa shape index (κ1) is 20.4. The molecule has 0 aromatic heterocycles. The third-order valence-electron chi connectivity index (χ3n) is 5.19. The van der Waals surface area contributed by atoms with Gasteiger partial charge in [-0.3, -0.25) is 4.79 Å². The molecular weight excluding hydrogens is 350 g/mol. The summed E-state index contributed by atoms with van der Waals surface area (Å²) in [5, 5.41) is 0. The molecule has 3 rings (SSSR count). The normalized spacial score (nSPS) is 14.0. The van der Waals surface area contributed by atoms with E-state index < -0.39 is 0 Å². The summed E-state index contributed by atoms with van der Waals surface area (Å²) in [7, 11) is 0. The molecule has 0 bridgehead atoms. The fraction of sp³-hybridized carbons (Fsp3) is 0.458. The van der Waals surface area contributed by atoms with Gasteiger partial charge in [-0.2, -0.15) is 0 Å². The number of anilines is 1. The number of benzene rings is 2. The standard InChI is InChI=1S/C24H31NO3/c1-3-28-24(26)19(2)16-21-10-11-23-22(17-21)12-14-25(23)13-7-15-27-18-20-8-5-4-6-9-20/h4-6,8-11,17,19H,3,7,12-16,18H2,1-2H3. The molecule has 1 aliphatic rings. The van der Waals surface area contributed by atoms with E-state index in [2.05, 4.69) is 35.2 Å². The molecule has 0 spiro atoms. The van der Waals surface area contributed by atoms with Gasteiger partial charge in [0.1, 0.15) is 0 Å². The number of rotatable bonds is 10. The van der Waals surface area contributed by atoms with Crippen molar-refractivity contribution >= 4 is 11.7 Å². The lowest BCUT2D eigenvalue weighted by atomic mass is 9.98. The fourth-order valence-corrected chi connectivity index (χ4v) is 3.73. The van der Waals surface area contributed by atoms with Crippen molar-refractivity contribution in [3.63, 3.8) is 0 Å². The molecule has 0 saturated carbocycles. The van der Waals surface area contributed by atoms with Crippen LogP contribution in [0.4, 0.5) is 5.69 Å². The number of nitrogens with zero attached hydrogens (tertiary/aromatic N) is 1. The first-order chi connectivity index (χ1) is 13.7. The van der Waals surface area contributed by atoms with Gasteiger partial charge in [-0.15, -0.1) is 0 Å². The number of hydrogen-bond acceptors (Lipinski definition) is 4. The van der Waals surface area contributed by atoms with E-state index in [1.165, 1.54) is 22.4 Å². The number of esters is 1. The zero-order valence-corrected chi connectivity index (χ0v) is 17.0. The van der Waals surface area contributed by atoms with Gasteiger partial charge < -0.3 is 14.4 Å². The van der Waals surface area contributed by atoms with E-state index in [9.17, 15) is 4.79 Å². The number of carbonyl (C=O) groups is 1. The Hall–Kier alpha value is -2.33. The van der Waals surface area contributed by atoms with E-state index in [1.807, 2.05) is 32.0 Å². The topological polar surface area (TPSA) is 38.8 Å². The second-order valence-corrected chi connectivity index (χ2v) is 7.45. The second-order valence-electron chi connectivity index (χ2n) is 7.45. The van der Waals surface area contributed by atoms with Crippen LogP contribution in [0.3, 0.4) is 0 Å². The molecule has 1 aliphatic heterocycles. The van der Waals surface area contributed by atoms with Gasteiger partial charge in [0.25, 0.3) is 0 Å². The van der Waals surface area contributed by atoms with E-state index in [4.69, 9.17) is 9.47 Å². The highest BCUT2D eigenvalue weighted by molar-refractivity contribution is 5.72. The van der Waals surface area contributed by atoms with Crippen LogP contribution in [0.5, 0.6) is 0 Å². The summed E-state index contributed by atoms with van der Waals surface area (Å²) in [6.07, 6.45) is 2.83. The van der Waals surface area contributed by atoms with E-state index in [-0.39, 0.29) is 11.9 Å². The van der Waals surface area contributed by atoms with Crippen LogP contribution in [0.15, 0.2) is 48.5 Å². The van der Waals surface area contributed by atoms with E-state index in [0.29, 0.717) is 13.2 Å². The SMILES string of the molecule is CCOC(=O)C(C)Cc1ccc2c(c1)CCN2CCCOCc1ccccc1. The van der Waals surface area contributed by atoms with Crippen molar-refractivity contribution in [1.82, 2.24) is 0 Å². The summed E-state index contributed by atoms with van der Waals surface area (Å²) < 4.78 is 10.9. The van der Waals surface area contributed by atoms with Gasteiger partial charge in [-0.1, -0.05) is 49.4 Å². The van der Waals surface area contributed by atoms with Gasteiger partial charge in [-0.05, 0) is 48.9 Å². The Morgan fingerprint density at radius 1 is 1.14 bits per heavy atom. The van der Waals surface area contributed by atoms with Crippen LogP contribution in [0.2, 0.25) is 0 Å². The van der Waals surface area contributed by atoms with Crippen LogP contribution in [-0.4, -0.2) is 32.3 Å². The lowest BCUT2D eigenvalue weighted by Crippen LogP contribution is -2.22. The molecule has 0 N–H and O–H groups in total. The molecule has 28 heavy (non-hydrogen) atoms. The predicted octanol–water partition coefficient (Wildman–Crippen LogP) is 4.40. The smallest absolute Gasteiger partial charge is 0.308 e. The summed E-state index contributed by atoms with van der Waals surface area (Å²) >= 11 is 0. The Bertz CT molecular complexity index is 760. The largest absolute Gasteiger partial charge is 0.466 e. The molecule has 4 heteroatoms. The van der Waals surface area contributed by atoms with Crippen molar-refractivity contribution in [1.29, 1.82) is 0 Å². The second kappa shape index (κ2) is 10.3. The maximum absolute atomic E-state index is 11.9. The minimum Gasteiger partial charge on any atom is -0.466 e. The summed E-state index contributed by atoms with van der Waals surface area (Å²) in [6, 6.07) is 16.9. The minimum absolute atomic E-state index is 0.0998. The van der Waals surface area contributed by atoms with Crippen molar-refractivity contribution in [2.45, 2.75) is 39.7 Å². The van der Waals surface area contributed by atoms with E-state index in [0.717, 1.165) is 39.0 Å². The van der Waals surface area contributed by atoms with Crippen LogP contribution < -0.4 is 4.90 Å². The molecule has 2 aromatic rings. The quantitative estimate of drug-likeness (QED) is 0.452. The lowest BCUT2D eigenvalue weighted by molar-refractivity contribution is -0.147. The lowest BCUT2D eigenvalue weighted by Gasteiger charge is -2.20. The number of fused-ring (bicyclic) bond motifs is 1. The first-order valence-electron chi connectivity index (χ1n) is 10.3. The van der Waals surface area contributed by atoms with Crippen molar-refractivity contribution in [2.24, 2.45) is 5.92 Å². The van der Waals surface area contributed by atoms with Gasteiger partial charge in [0.2, 0.25) is 0 Å². The van der Waals surface area contributed by atoms with Crippen molar-refractivity contribution in [2.75, 3.05) is 31.2 Å². The molecule has 150 valence electrons. The number of carbonyl (C=O) groups excluding carboxylic acids is 1. The molecule has 0 amide bonds. The van der Waals surface area contributed by atoms with Gasteiger partial charge in [-0.25, -0.2) is 0 Å². The minimum atomic E-state index is -0.111. The highest BCUT2D eigenvalue weighted by atomic mass is 16.5. The predicted molar refractivity (Wildman–Crippen MR) is 113 cm³/mol. The monoisotopic (exact) mass is 381 g/mol. The molecule has 0 radical (unpaired) electrons. The molecule has 2 aromatic carbocycles. The molecule has 0 aliphatic carbocycles. The molecule has 1 unspecified atom stereocenters. The fourth-order valence-electron chi connectivity index (χ4n) is 3.73. The Kier molecular flexibility index (Phi) is 7.49. The van der Waals surface area contributed by atoms with Crippen molar-refractivity contribution < 1.29 is 14.3 Å². The maximum atomic E-state index is 11.9. The zero-order chi connectivity index (χ0) is 19.8. The third-order valence-corrected chi connectivity index (χ3v) is 5.19. The first-order valence-corrected chi connectivity index (χ1v) is 10.3. The average molecular weight is 382 g/mol. The van der Waals surface area contributed by atoms with Crippen LogP contribution in [0, 0.1) is 5.92 Å². The van der Waals surface area contributed by atoms with Gasteiger partial charge in [0.15, 0.2) is 0 Å². The Labute approximate surface area is 168 Å². The van der Waals surface area contributed by atoms with E-state index >= 15 is 0 Å². The van der Waals surface area contributed by atoms with Crippen molar-refractivity contribution in [3.05, 3.63) is 65.2 Å². The summed E-state index contributed by atoms with van der Waals surface area (Å²) in [5.41, 5.74) is 5.15. The Morgan fingerprint density at radius 3 is 2.75 bits per heavy atom. The van der Waals surface area contributed by atoms with Crippen molar-refractivity contribution in [3.8, 4) is 0 Å².